The number of nitrogens with zero attached hydrogens (tertiary/aromatic N) is 3. The van der Waals surface area contributed by atoms with Gasteiger partial charge in [-0.25, -0.2) is 9.78 Å². The summed E-state index contributed by atoms with van der Waals surface area (Å²) in [5.41, 5.74) is 3.36. The molecule has 1 aromatic heterocycles. The lowest BCUT2D eigenvalue weighted by Crippen LogP contribution is -2.35. The van der Waals surface area contributed by atoms with Crippen LogP contribution in [0.5, 0.6) is 0 Å². The Morgan fingerprint density at radius 3 is 2.71 bits per heavy atom. The van der Waals surface area contributed by atoms with E-state index in [9.17, 15) is 4.79 Å². The number of esters is 1. The molecule has 0 bridgehead atoms. The number of anilines is 1. The predicted octanol–water partition coefficient (Wildman–Crippen LogP) is 3.92. The van der Waals surface area contributed by atoms with Crippen LogP contribution in [0.4, 0.5) is 5.82 Å². The molecule has 1 atom stereocenters. The molecule has 1 aromatic carbocycles. The van der Waals surface area contributed by atoms with Crippen LogP contribution >= 0.6 is 0 Å². The van der Waals surface area contributed by atoms with E-state index in [0.717, 1.165) is 38.3 Å². The van der Waals surface area contributed by atoms with Gasteiger partial charge in [0.2, 0.25) is 0 Å². The first-order valence-corrected chi connectivity index (χ1v) is 10.2. The van der Waals surface area contributed by atoms with E-state index in [4.69, 9.17) is 4.74 Å². The van der Waals surface area contributed by atoms with E-state index in [1.807, 2.05) is 19.9 Å². The molecule has 1 aliphatic heterocycles. The normalized spacial score (nSPS) is 16.8. The summed E-state index contributed by atoms with van der Waals surface area (Å²) in [5, 5.41) is 0. The lowest BCUT2D eigenvalue weighted by Gasteiger charge is -2.26. The predicted molar refractivity (Wildman–Crippen MR) is 113 cm³/mol. The number of carbonyl (C=O) groups excluding carboxylic acids is 1. The molecule has 0 radical (unpaired) electrons. The Morgan fingerprint density at radius 1 is 1.25 bits per heavy atom. The molecule has 5 nitrogen and oxygen atoms in total. The van der Waals surface area contributed by atoms with Gasteiger partial charge in [-0.3, -0.25) is 4.90 Å². The van der Waals surface area contributed by atoms with Gasteiger partial charge in [-0.1, -0.05) is 31.2 Å². The number of likely N-dealkylation sites (N-methyl/N-ethyl adjacent to an activating group) is 1. The summed E-state index contributed by atoms with van der Waals surface area (Å²) in [4.78, 5) is 21.6. The minimum Gasteiger partial charge on any atom is -0.459 e. The van der Waals surface area contributed by atoms with Crippen molar-refractivity contribution in [3.05, 3.63) is 59.3 Å². The molecule has 0 saturated carbocycles. The van der Waals surface area contributed by atoms with Gasteiger partial charge in [0.05, 0.1) is 6.10 Å². The quantitative estimate of drug-likeness (QED) is 0.680. The Kier molecular flexibility index (Phi) is 6.68. The van der Waals surface area contributed by atoms with Crippen LogP contribution in [-0.2, 0) is 17.7 Å². The van der Waals surface area contributed by atoms with Crippen molar-refractivity contribution in [2.24, 2.45) is 0 Å². The lowest BCUT2D eigenvalue weighted by atomic mass is 10.0. The highest BCUT2D eigenvalue weighted by Gasteiger charge is 2.29. The number of aromatic nitrogens is 1. The Bertz CT molecular complexity index is 806. The van der Waals surface area contributed by atoms with Crippen molar-refractivity contribution in [2.75, 3.05) is 25.0 Å². The van der Waals surface area contributed by atoms with E-state index in [1.54, 1.807) is 12.3 Å². The van der Waals surface area contributed by atoms with Gasteiger partial charge in [0.1, 0.15) is 11.4 Å². The largest absolute Gasteiger partial charge is 0.459 e. The molecule has 1 saturated heterocycles. The van der Waals surface area contributed by atoms with Crippen LogP contribution in [0.2, 0.25) is 0 Å². The van der Waals surface area contributed by atoms with E-state index in [2.05, 4.69) is 53.0 Å². The maximum atomic E-state index is 12.5. The zero-order valence-electron chi connectivity index (χ0n) is 17.4. The Hall–Kier alpha value is -2.40. The summed E-state index contributed by atoms with van der Waals surface area (Å²) in [6.07, 6.45) is 3.71. The topological polar surface area (TPSA) is 45.7 Å². The molecular formula is C23H31N3O2. The number of ether oxygens (including phenoxy) is 1. The Balaban J connectivity index is 1.69. The lowest BCUT2D eigenvalue weighted by molar-refractivity contribution is 0.0378. The monoisotopic (exact) mass is 381 g/mol. The van der Waals surface area contributed by atoms with Crippen molar-refractivity contribution in [2.45, 2.75) is 52.3 Å². The van der Waals surface area contributed by atoms with Crippen molar-refractivity contribution in [1.82, 2.24) is 9.88 Å². The number of aryl methyl sites for hydroxylation is 1. The van der Waals surface area contributed by atoms with Crippen molar-refractivity contribution >= 4 is 11.8 Å². The van der Waals surface area contributed by atoms with Crippen LogP contribution in [-0.4, -0.2) is 48.1 Å². The number of pyridine rings is 1. The average molecular weight is 382 g/mol. The summed E-state index contributed by atoms with van der Waals surface area (Å²) < 4.78 is 5.40. The summed E-state index contributed by atoms with van der Waals surface area (Å²) in [6.45, 7) is 8.63. The van der Waals surface area contributed by atoms with Crippen LogP contribution < -0.4 is 4.90 Å². The number of hydrogen-bond donors (Lipinski definition) is 0. The molecule has 5 heteroatoms. The minimum atomic E-state index is -0.299. The zero-order chi connectivity index (χ0) is 20.1. The fourth-order valence-electron chi connectivity index (χ4n) is 3.83. The zero-order valence-corrected chi connectivity index (χ0v) is 17.4. The molecule has 3 rings (SSSR count). The fourth-order valence-corrected chi connectivity index (χ4v) is 3.83. The fraction of sp³-hybridized carbons (Fsp3) is 0.478. The van der Waals surface area contributed by atoms with Crippen LogP contribution in [0.25, 0.3) is 0 Å². The summed E-state index contributed by atoms with van der Waals surface area (Å²) in [6, 6.07) is 12.7. The number of hydrogen-bond acceptors (Lipinski definition) is 5. The third kappa shape index (κ3) is 4.71. The minimum absolute atomic E-state index is 0.142. The molecule has 2 aromatic rings. The Morgan fingerprint density at radius 2 is 2.00 bits per heavy atom. The number of rotatable bonds is 7. The molecule has 0 spiro atoms. The maximum absolute atomic E-state index is 12.5. The van der Waals surface area contributed by atoms with E-state index in [0.29, 0.717) is 11.6 Å². The summed E-state index contributed by atoms with van der Waals surface area (Å²) in [7, 11) is 2.19. The molecule has 28 heavy (non-hydrogen) atoms. The van der Waals surface area contributed by atoms with Crippen molar-refractivity contribution in [1.29, 1.82) is 0 Å². The van der Waals surface area contributed by atoms with Crippen LogP contribution in [0.15, 0.2) is 42.6 Å². The number of carbonyl (C=O) groups is 1. The standard InChI is InChI=1S/C23H31N3O2/c1-5-18-9-6-7-10-19(18)15-25(4)20-12-14-26(16-20)22-21(11-8-13-24-22)23(27)28-17(2)3/h6-11,13,17,20H,5,12,14-16H2,1-4H3/t20-/m0/s1. The Labute approximate surface area is 168 Å². The summed E-state index contributed by atoms with van der Waals surface area (Å²) >= 11 is 0. The van der Waals surface area contributed by atoms with Gasteiger partial charge in [0, 0.05) is 31.9 Å². The van der Waals surface area contributed by atoms with Crippen molar-refractivity contribution < 1.29 is 9.53 Å². The smallest absolute Gasteiger partial charge is 0.342 e. The highest BCUT2D eigenvalue weighted by atomic mass is 16.5. The second-order valence-corrected chi connectivity index (χ2v) is 7.75. The first-order valence-electron chi connectivity index (χ1n) is 10.2. The third-order valence-electron chi connectivity index (χ3n) is 5.35. The van der Waals surface area contributed by atoms with Gasteiger partial charge in [0.25, 0.3) is 0 Å². The molecule has 0 aliphatic carbocycles. The number of benzene rings is 1. The molecule has 0 N–H and O–H groups in total. The molecule has 0 amide bonds. The highest BCUT2D eigenvalue weighted by Crippen LogP contribution is 2.26. The van der Waals surface area contributed by atoms with Crippen molar-refractivity contribution in [3.63, 3.8) is 0 Å². The van der Waals surface area contributed by atoms with E-state index in [1.165, 1.54) is 11.1 Å². The second-order valence-electron chi connectivity index (χ2n) is 7.75. The van der Waals surface area contributed by atoms with E-state index < -0.39 is 0 Å². The molecule has 1 aliphatic rings. The van der Waals surface area contributed by atoms with Crippen LogP contribution in [0, 0.1) is 0 Å². The summed E-state index contributed by atoms with van der Waals surface area (Å²) in [5.74, 6) is 0.435. The van der Waals surface area contributed by atoms with Gasteiger partial charge < -0.3 is 9.64 Å². The third-order valence-corrected chi connectivity index (χ3v) is 5.35. The van der Waals surface area contributed by atoms with E-state index >= 15 is 0 Å². The van der Waals surface area contributed by atoms with Gasteiger partial charge in [-0.15, -0.1) is 0 Å². The highest BCUT2D eigenvalue weighted by molar-refractivity contribution is 5.94. The van der Waals surface area contributed by atoms with Gasteiger partial charge >= 0.3 is 5.97 Å². The maximum Gasteiger partial charge on any atom is 0.342 e. The van der Waals surface area contributed by atoms with Crippen molar-refractivity contribution in [3.8, 4) is 0 Å². The molecular weight excluding hydrogens is 350 g/mol. The average Bonchev–Trinajstić information content (AvgIpc) is 3.18. The molecule has 150 valence electrons. The molecule has 2 heterocycles. The van der Waals surface area contributed by atoms with Crippen LogP contribution in [0.1, 0.15) is 48.7 Å². The SMILES string of the molecule is CCc1ccccc1CN(C)[C@H]1CCN(c2ncccc2C(=O)OC(C)C)C1. The van der Waals surface area contributed by atoms with Gasteiger partial charge in [0.15, 0.2) is 0 Å². The van der Waals surface area contributed by atoms with E-state index in [-0.39, 0.29) is 12.1 Å². The first-order chi connectivity index (χ1) is 13.5. The molecule has 0 unspecified atom stereocenters. The van der Waals surface area contributed by atoms with Gasteiger partial charge in [-0.2, -0.15) is 0 Å². The first kappa shape index (κ1) is 20.3. The molecule has 1 fully saturated rings. The van der Waals surface area contributed by atoms with Gasteiger partial charge in [-0.05, 0) is 57.0 Å². The second kappa shape index (κ2) is 9.20. The van der Waals surface area contributed by atoms with Crippen LogP contribution in [0.3, 0.4) is 0 Å².